The van der Waals surface area contributed by atoms with E-state index in [-0.39, 0.29) is 12.4 Å². The summed E-state index contributed by atoms with van der Waals surface area (Å²) in [5.74, 6) is 0.174. The van der Waals surface area contributed by atoms with Crippen molar-refractivity contribution in [3.8, 4) is 0 Å². The third-order valence-electron chi connectivity index (χ3n) is 3.71. The van der Waals surface area contributed by atoms with Crippen LogP contribution in [0.2, 0.25) is 0 Å². The summed E-state index contributed by atoms with van der Waals surface area (Å²) in [7, 11) is 0. The summed E-state index contributed by atoms with van der Waals surface area (Å²) in [6, 6.07) is 5.26. The lowest BCUT2D eigenvalue weighted by Crippen LogP contribution is -2.24. The number of rotatable bonds is 6. The van der Waals surface area contributed by atoms with Crippen LogP contribution in [0.4, 0.5) is 10.1 Å². The molecule has 1 aromatic rings. The zero-order valence-corrected chi connectivity index (χ0v) is 11.5. The van der Waals surface area contributed by atoms with Gasteiger partial charge in [-0.05, 0) is 31.5 Å². The number of hydrogen-bond donors (Lipinski definition) is 2. The second-order valence-corrected chi connectivity index (χ2v) is 5.20. The van der Waals surface area contributed by atoms with Crippen LogP contribution < -0.4 is 10.2 Å². The normalized spacial score (nSPS) is 19.1. The lowest BCUT2D eigenvalue weighted by Gasteiger charge is -2.22. The molecule has 1 unspecified atom stereocenters. The van der Waals surface area contributed by atoms with Crippen molar-refractivity contribution in [2.45, 2.75) is 26.3 Å². The Morgan fingerprint density at radius 3 is 3.00 bits per heavy atom. The van der Waals surface area contributed by atoms with Crippen molar-refractivity contribution in [1.29, 1.82) is 0 Å². The Hall–Kier alpha value is -1.13. The SMILES string of the molecule is CCCNCc1c(F)cccc1N1CCC(CO)C1. The Labute approximate surface area is 114 Å². The van der Waals surface area contributed by atoms with Gasteiger partial charge in [0.25, 0.3) is 0 Å². The molecule has 0 amide bonds. The molecule has 0 radical (unpaired) electrons. The van der Waals surface area contributed by atoms with Gasteiger partial charge >= 0.3 is 0 Å². The Morgan fingerprint density at radius 1 is 1.47 bits per heavy atom. The van der Waals surface area contributed by atoms with Gasteiger partial charge in [-0.3, -0.25) is 0 Å². The molecule has 0 aliphatic carbocycles. The Bertz CT molecular complexity index is 411. The average Bonchev–Trinajstić information content (AvgIpc) is 2.89. The number of benzene rings is 1. The molecule has 1 aliphatic rings. The van der Waals surface area contributed by atoms with Gasteiger partial charge in [-0.2, -0.15) is 0 Å². The highest BCUT2D eigenvalue weighted by Gasteiger charge is 2.24. The molecule has 0 spiro atoms. The fourth-order valence-electron chi connectivity index (χ4n) is 2.61. The van der Waals surface area contributed by atoms with Gasteiger partial charge in [0.15, 0.2) is 0 Å². The molecule has 0 aromatic heterocycles. The number of aliphatic hydroxyl groups excluding tert-OH is 1. The van der Waals surface area contributed by atoms with E-state index in [1.807, 2.05) is 6.07 Å². The maximum absolute atomic E-state index is 14.0. The van der Waals surface area contributed by atoms with Gasteiger partial charge in [-0.25, -0.2) is 4.39 Å². The molecule has 1 heterocycles. The van der Waals surface area contributed by atoms with Crippen LogP contribution in [0.5, 0.6) is 0 Å². The van der Waals surface area contributed by atoms with Gasteiger partial charge in [0.2, 0.25) is 0 Å². The number of nitrogens with zero attached hydrogens (tertiary/aromatic N) is 1. The first-order valence-electron chi connectivity index (χ1n) is 7.10. The summed E-state index contributed by atoms with van der Waals surface area (Å²) in [4.78, 5) is 2.19. The van der Waals surface area contributed by atoms with E-state index >= 15 is 0 Å². The Balaban J connectivity index is 2.13. The second kappa shape index (κ2) is 6.87. The third kappa shape index (κ3) is 3.45. The summed E-state index contributed by atoms with van der Waals surface area (Å²) >= 11 is 0. The predicted octanol–water partition coefficient (Wildman–Crippen LogP) is 2.14. The largest absolute Gasteiger partial charge is 0.396 e. The molecule has 1 aliphatic heterocycles. The molecule has 0 saturated carbocycles. The van der Waals surface area contributed by atoms with E-state index in [2.05, 4.69) is 17.1 Å². The van der Waals surface area contributed by atoms with Crippen LogP contribution in [-0.4, -0.2) is 31.3 Å². The molecule has 1 saturated heterocycles. The molecular weight excluding hydrogens is 243 g/mol. The van der Waals surface area contributed by atoms with Gasteiger partial charge in [-0.1, -0.05) is 13.0 Å². The van der Waals surface area contributed by atoms with E-state index in [0.29, 0.717) is 12.5 Å². The van der Waals surface area contributed by atoms with Crippen molar-refractivity contribution in [3.63, 3.8) is 0 Å². The molecule has 2 rings (SSSR count). The van der Waals surface area contributed by atoms with E-state index in [0.717, 1.165) is 43.7 Å². The Kier molecular flexibility index (Phi) is 5.16. The van der Waals surface area contributed by atoms with Crippen molar-refractivity contribution in [3.05, 3.63) is 29.6 Å². The third-order valence-corrected chi connectivity index (χ3v) is 3.71. The van der Waals surface area contributed by atoms with E-state index in [1.54, 1.807) is 6.07 Å². The van der Waals surface area contributed by atoms with Crippen molar-refractivity contribution in [2.75, 3.05) is 31.1 Å². The monoisotopic (exact) mass is 266 g/mol. The van der Waals surface area contributed by atoms with Crippen molar-refractivity contribution >= 4 is 5.69 Å². The van der Waals surface area contributed by atoms with Crippen LogP contribution in [0, 0.1) is 11.7 Å². The molecule has 4 heteroatoms. The van der Waals surface area contributed by atoms with Gasteiger partial charge in [0.05, 0.1) is 0 Å². The maximum Gasteiger partial charge on any atom is 0.129 e. The zero-order valence-electron chi connectivity index (χ0n) is 11.5. The summed E-state index contributed by atoms with van der Waals surface area (Å²) < 4.78 is 14.0. The number of nitrogens with one attached hydrogen (secondary N) is 1. The van der Waals surface area contributed by atoms with Crippen LogP contribution in [0.1, 0.15) is 25.3 Å². The molecule has 1 aromatic carbocycles. The van der Waals surface area contributed by atoms with Gasteiger partial charge < -0.3 is 15.3 Å². The standard InChI is InChI=1S/C15H23FN2O/c1-2-7-17-9-13-14(16)4-3-5-15(13)18-8-6-12(10-18)11-19/h3-5,12,17,19H,2,6-11H2,1H3. The van der Waals surface area contributed by atoms with Gasteiger partial charge in [0.1, 0.15) is 5.82 Å². The topological polar surface area (TPSA) is 35.5 Å². The van der Waals surface area contributed by atoms with E-state index in [1.165, 1.54) is 6.07 Å². The highest BCUT2D eigenvalue weighted by Crippen LogP contribution is 2.28. The van der Waals surface area contributed by atoms with Crippen LogP contribution >= 0.6 is 0 Å². The van der Waals surface area contributed by atoms with E-state index < -0.39 is 0 Å². The van der Waals surface area contributed by atoms with Crippen molar-refractivity contribution in [2.24, 2.45) is 5.92 Å². The predicted molar refractivity (Wildman–Crippen MR) is 75.8 cm³/mol. The quantitative estimate of drug-likeness (QED) is 0.774. The lowest BCUT2D eigenvalue weighted by molar-refractivity contribution is 0.238. The molecule has 1 fully saturated rings. The number of anilines is 1. The van der Waals surface area contributed by atoms with E-state index in [4.69, 9.17) is 0 Å². The smallest absolute Gasteiger partial charge is 0.129 e. The molecule has 2 N–H and O–H groups in total. The zero-order chi connectivity index (χ0) is 13.7. The average molecular weight is 266 g/mol. The van der Waals surface area contributed by atoms with Crippen molar-refractivity contribution in [1.82, 2.24) is 5.32 Å². The number of hydrogen-bond acceptors (Lipinski definition) is 3. The summed E-state index contributed by atoms with van der Waals surface area (Å²) in [5, 5.41) is 12.5. The summed E-state index contributed by atoms with van der Waals surface area (Å²) in [6.45, 7) is 5.50. The minimum absolute atomic E-state index is 0.145. The lowest BCUT2D eigenvalue weighted by atomic mass is 10.1. The highest BCUT2D eigenvalue weighted by atomic mass is 19.1. The maximum atomic E-state index is 14.0. The highest BCUT2D eigenvalue weighted by molar-refractivity contribution is 5.55. The first-order chi connectivity index (χ1) is 9.26. The molecule has 19 heavy (non-hydrogen) atoms. The van der Waals surface area contributed by atoms with Crippen LogP contribution in [0.3, 0.4) is 0 Å². The summed E-state index contributed by atoms with van der Waals surface area (Å²) in [5.41, 5.74) is 1.72. The van der Waals surface area contributed by atoms with Gasteiger partial charge in [-0.15, -0.1) is 0 Å². The van der Waals surface area contributed by atoms with Crippen LogP contribution in [-0.2, 0) is 6.54 Å². The number of halogens is 1. The molecule has 3 nitrogen and oxygen atoms in total. The minimum Gasteiger partial charge on any atom is -0.396 e. The van der Waals surface area contributed by atoms with E-state index in [9.17, 15) is 9.50 Å². The fourth-order valence-corrected chi connectivity index (χ4v) is 2.61. The van der Waals surface area contributed by atoms with Crippen molar-refractivity contribution < 1.29 is 9.50 Å². The van der Waals surface area contributed by atoms with Crippen LogP contribution in [0.25, 0.3) is 0 Å². The molecule has 1 atom stereocenters. The summed E-state index contributed by atoms with van der Waals surface area (Å²) in [6.07, 6.45) is 2.02. The molecule has 0 bridgehead atoms. The molecular formula is C15H23FN2O. The minimum atomic E-state index is -0.145. The molecule has 106 valence electrons. The van der Waals surface area contributed by atoms with Gasteiger partial charge in [0, 0.05) is 43.4 Å². The first-order valence-corrected chi connectivity index (χ1v) is 7.10. The fraction of sp³-hybridized carbons (Fsp3) is 0.600. The first kappa shape index (κ1) is 14.3. The second-order valence-electron chi connectivity index (χ2n) is 5.20. The Morgan fingerprint density at radius 2 is 2.32 bits per heavy atom. The number of aliphatic hydroxyl groups is 1. The van der Waals surface area contributed by atoms with Crippen LogP contribution in [0.15, 0.2) is 18.2 Å².